The first-order chi connectivity index (χ1) is 20.2. The summed E-state index contributed by atoms with van der Waals surface area (Å²) in [5.74, 6) is -3.41. The van der Waals surface area contributed by atoms with Gasteiger partial charge in [-0.15, -0.1) is 0 Å². The third-order valence-corrected chi connectivity index (χ3v) is 7.57. The second-order valence-corrected chi connectivity index (χ2v) is 10.5. The number of carbonyl (C=O) groups is 3. The lowest BCUT2D eigenvalue weighted by Crippen LogP contribution is -2.53. The molecule has 1 aliphatic heterocycles. The predicted octanol–water partition coefficient (Wildman–Crippen LogP) is 4.02. The Kier molecular flexibility index (Phi) is 8.51. The number of amides is 3. The van der Waals surface area contributed by atoms with Crippen molar-refractivity contribution < 1.29 is 27.9 Å². The Labute approximate surface area is 242 Å². The van der Waals surface area contributed by atoms with Gasteiger partial charge < -0.3 is 25.3 Å². The monoisotopic (exact) mass is 574 g/mol. The molecule has 3 amide bonds. The van der Waals surface area contributed by atoms with Gasteiger partial charge in [0.1, 0.15) is 29.3 Å². The van der Waals surface area contributed by atoms with E-state index >= 15 is 0 Å². The van der Waals surface area contributed by atoms with E-state index in [-0.39, 0.29) is 24.4 Å². The zero-order chi connectivity index (χ0) is 29.8. The number of nitrogens with one attached hydrogen (secondary N) is 3. The van der Waals surface area contributed by atoms with Crippen LogP contribution in [-0.4, -0.2) is 47.3 Å². The zero-order valence-electron chi connectivity index (χ0n) is 23.4. The van der Waals surface area contributed by atoms with Crippen molar-refractivity contribution in [1.82, 2.24) is 20.5 Å². The van der Waals surface area contributed by atoms with Crippen LogP contribution in [0.2, 0.25) is 0 Å². The second-order valence-electron chi connectivity index (χ2n) is 10.5. The molecule has 0 fully saturated rings. The number of halogens is 2. The topological polar surface area (TPSA) is 104 Å². The Morgan fingerprint density at radius 3 is 2.43 bits per heavy atom. The Hall–Kier alpha value is -4.73. The predicted molar refractivity (Wildman–Crippen MR) is 153 cm³/mol. The Morgan fingerprint density at radius 1 is 0.976 bits per heavy atom. The highest BCUT2D eigenvalue weighted by molar-refractivity contribution is 6.01. The number of H-pyrrole nitrogens is 1. The number of hydrogen-bond acceptors (Lipinski definition) is 4. The van der Waals surface area contributed by atoms with Gasteiger partial charge in [-0.3, -0.25) is 14.4 Å². The van der Waals surface area contributed by atoms with Crippen LogP contribution in [0.25, 0.3) is 10.9 Å². The van der Waals surface area contributed by atoms with Gasteiger partial charge in [0.15, 0.2) is 0 Å². The summed E-state index contributed by atoms with van der Waals surface area (Å²) in [5.41, 5.74) is 4.12. The second kappa shape index (κ2) is 12.4. The molecule has 10 heteroatoms. The molecule has 1 aliphatic rings. The molecule has 0 spiro atoms. The van der Waals surface area contributed by atoms with Gasteiger partial charge in [0.25, 0.3) is 0 Å². The summed E-state index contributed by atoms with van der Waals surface area (Å²) in [6.45, 7) is 2.10. The fourth-order valence-electron chi connectivity index (χ4n) is 5.28. The van der Waals surface area contributed by atoms with E-state index in [0.29, 0.717) is 19.5 Å². The van der Waals surface area contributed by atoms with Crippen LogP contribution in [0.15, 0.2) is 66.7 Å². The van der Waals surface area contributed by atoms with Crippen LogP contribution in [-0.2, 0) is 40.3 Å². The van der Waals surface area contributed by atoms with Crippen LogP contribution >= 0.6 is 0 Å². The number of nitrogens with zero attached hydrogens (tertiary/aromatic N) is 1. The molecular formula is C32H32F2N4O4. The van der Waals surface area contributed by atoms with Crippen LogP contribution in [0, 0.1) is 17.6 Å². The first-order valence-electron chi connectivity index (χ1n) is 13.7. The summed E-state index contributed by atoms with van der Waals surface area (Å²) in [6.07, 6.45) is 0.884. The summed E-state index contributed by atoms with van der Waals surface area (Å²) in [6, 6.07) is 17.2. The van der Waals surface area contributed by atoms with Crippen molar-refractivity contribution >= 4 is 28.6 Å². The molecule has 4 aromatic rings. The molecular weight excluding hydrogens is 542 g/mol. The lowest BCUT2D eigenvalue weighted by atomic mass is 10.00. The molecule has 2 heterocycles. The van der Waals surface area contributed by atoms with Crippen LogP contribution in [0.5, 0.6) is 5.75 Å². The van der Waals surface area contributed by atoms with Gasteiger partial charge in [0, 0.05) is 42.2 Å². The molecule has 3 aromatic carbocycles. The van der Waals surface area contributed by atoms with E-state index in [1.807, 2.05) is 48.5 Å². The maximum absolute atomic E-state index is 13.8. The molecule has 0 aliphatic carbocycles. The molecule has 8 nitrogen and oxygen atoms in total. The van der Waals surface area contributed by atoms with Crippen LogP contribution in [0.4, 0.5) is 8.78 Å². The molecule has 0 radical (unpaired) electrons. The van der Waals surface area contributed by atoms with E-state index < -0.39 is 35.4 Å². The number of carbonyl (C=O) groups excluding carboxylic acids is 3. The molecule has 1 aromatic heterocycles. The van der Waals surface area contributed by atoms with E-state index in [1.54, 1.807) is 12.0 Å². The lowest BCUT2D eigenvalue weighted by Gasteiger charge is -2.31. The Balaban J connectivity index is 1.29. The molecule has 5 rings (SSSR count). The standard InChI is InChI=1S/C32H32F2N4O4/c1-19(30(39)35-17-21-12-22(33)15-23(34)13-21)31(40)37-28(14-20-6-4-3-5-7-20)32(41)38-11-10-25-26-16-24(42-2)8-9-27(26)36-29(25)18-38/h3-9,12-13,15-16,19,28,36H,10-11,14,17-18H2,1-2H3,(H,35,39)(H,37,40). The van der Waals surface area contributed by atoms with Gasteiger partial charge in [-0.25, -0.2) is 8.78 Å². The molecule has 2 atom stereocenters. The number of ether oxygens (including phenoxy) is 1. The average molecular weight is 575 g/mol. The Morgan fingerprint density at radius 2 is 1.71 bits per heavy atom. The van der Waals surface area contributed by atoms with Crippen molar-refractivity contribution in [2.45, 2.75) is 38.9 Å². The maximum Gasteiger partial charge on any atom is 0.245 e. The minimum Gasteiger partial charge on any atom is -0.497 e. The van der Waals surface area contributed by atoms with Gasteiger partial charge in [0.05, 0.1) is 13.7 Å². The molecule has 3 N–H and O–H groups in total. The van der Waals surface area contributed by atoms with E-state index in [2.05, 4.69) is 15.6 Å². The molecule has 2 unspecified atom stereocenters. The smallest absolute Gasteiger partial charge is 0.245 e. The first-order valence-corrected chi connectivity index (χ1v) is 13.7. The molecule has 0 saturated heterocycles. The van der Waals surface area contributed by atoms with Gasteiger partial charge in [-0.1, -0.05) is 30.3 Å². The van der Waals surface area contributed by atoms with Gasteiger partial charge >= 0.3 is 0 Å². The molecule has 0 bridgehead atoms. The fourth-order valence-corrected chi connectivity index (χ4v) is 5.28. The van der Waals surface area contributed by atoms with E-state index in [1.165, 1.54) is 6.92 Å². The van der Waals surface area contributed by atoms with Crippen molar-refractivity contribution in [3.63, 3.8) is 0 Å². The number of fused-ring (bicyclic) bond motifs is 3. The van der Waals surface area contributed by atoms with Crippen molar-refractivity contribution in [2.24, 2.45) is 5.92 Å². The molecule has 0 saturated carbocycles. The quantitative estimate of drug-likeness (QED) is 0.263. The van der Waals surface area contributed by atoms with E-state index in [0.717, 1.165) is 51.7 Å². The normalized spacial score (nSPS) is 14.1. The van der Waals surface area contributed by atoms with Gasteiger partial charge in [0.2, 0.25) is 17.7 Å². The van der Waals surface area contributed by atoms with Crippen molar-refractivity contribution in [2.75, 3.05) is 13.7 Å². The number of aromatic amines is 1. The van der Waals surface area contributed by atoms with Crippen LogP contribution < -0.4 is 15.4 Å². The fraction of sp³-hybridized carbons (Fsp3) is 0.281. The summed E-state index contributed by atoms with van der Waals surface area (Å²) in [7, 11) is 1.62. The average Bonchev–Trinajstić information content (AvgIpc) is 3.35. The van der Waals surface area contributed by atoms with E-state index in [4.69, 9.17) is 4.74 Å². The highest BCUT2D eigenvalue weighted by Gasteiger charge is 2.32. The maximum atomic E-state index is 13.8. The van der Waals surface area contributed by atoms with Gasteiger partial charge in [-0.2, -0.15) is 0 Å². The van der Waals surface area contributed by atoms with Crippen molar-refractivity contribution in [3.05, 3.63) is 101 Å². The minimum atomic E-state index is -1.15. The SMILES string of the molecule is COc1ccc2[nH]c3c(c2c1)CCN(C(=O)C(Cc1ccccc1)NC(=O)C(C)C(=O)NCc1cc(F)cc(F)c1)C3. The summed E-state index contributed by atoms with van der Waals surface area (Å²) in [5, 5.41) is 6.39. The number of methoxy groups -OCH3 is 1. The summed E-state index contributed by atoms with van der Waals surface area (Å²) >= 11 is 0. The Bertz CT molecular complexity index is 1600. The highest BCUT2D eigenvalue weighted by Crippen LogP contribution is 2.30. The minimum absolute atomic E-state index is 0.149. The molecule has 218 valence electrons. The number of aromatic nitrogens is 1. The zero-order valence-corrected chi connectivity index (χ0v) is 23.4. The number of benzene rings is 3. The molecule has 42 heavy (non-hydrogen) atoms. The van der Waals surface area contributed by atoms with Gasteiger partial charge in [-0.05, 0) is 60.4 Å². The lowest BCUT2D eigenvalue weighted by molar-refractivity contribution is -0.140. The van der Waals surface area contributed by atoms with Crippen molar-refractivity contribution in [1.29, 1.82) is 0 Å². The number of hydrogen-bond donors (Lipinski definition) is 3. The van der Waals surface area contributed by atoms with Crippen molar-refractivity contribution in [3.8, 4) is 5.75 Å². The summed E-state index contributed by atoms with van der Waals surface area (Å²) < 4.78 is 32.4. The largest absolute Gasteiger partial charge is 0.497 e. The third kappa shape index (κ3) is 6.43. The van der Waals surface area contributed by atoms with Crippen LogP contribution in [0.1, 0.15) is 29.3 Å². The summed E-state index contributed by atoms with van der Waals surface area (Å²) in [4.78, 5) is 44.9. The van der Waals surface area contributed by atoms with Crippen LogP contribution in [0.3, 0.4) is 0 Å². The van der Waals surface area contributed by atoms with E-state index in [9.17, 15) is 23.2 Å². The number of rotatable bonds is 9. The third-order valence-electron chi connectivity index (χ3n) is 7.57. The first kappa shape index (κ1) is 28.8. The highest BCUT2D eigenvalue weighted by atomic mass is 19.1.